The monoisotopic (exact) mass is 446 g/mol. The molecular weight excluding hydrogens is 427 g/mol. The number of carbonyl (C=O) groups excluding carboxylic acids is 1. The topological polar surface area (TPSA) is 44.2 Å². The zero-order valence-corrected chi connectivity index (χ0v) is 18.3. The number of thiol groups is 1. The SMILES string of the molecule is CC1=C(C/C(S)=C(\Sc2ccccc2)C(=N)Cl)c2cc(F)ccc2N(CC=O)C1. The second-order valence-corrected chi connectivity index (χ2v) is 8.65. The third kappa shape index (κ3) is 5.13. The molecule has 0 amide bonds. The Morgan fingerprint density at radius 2 is 2.03 bits per heavy atom. The van der Waals surface area contributed by atoms with Crippen LogP contribution >= 0.6 is 36.0 Å². The average molecular weight is 447 g/mol. The molecule has 0 radical (unpaired) electrons. The van der Waals surface area contributed by atoms with Crippen LogP contribution in [0.5, 0.6) is 0 Å². The van der Waals surface area contributed by atoms with Crippen LogP contribution in [0.15, 0.2) is 68.8 Å². The number of carbonyl (C=O) groups is 1. The Kier molecular flexibility index (Phi) is 7.22. The van der Waals surface area contributed by atoms with Crippen molar-refractivity contribution in [2.75, 3.05) is 18.0 Å². The number of allylic oxidation sites excluding steroid dienone is 3. The molecular formula is C22H20ClFN2OS2. The predicted molar refractivity (Wildman–Crippen MR) is 124 cm³/mol. The first-order valence-corrected chi connectivity index (χ1v) is 10.6. The van der Waals surface area contributed by atoms with Crippen LogP contribution in [0.1, 0.15) is 18.9 Å². The molecule has 1 aliphatic rings. The van der Waals surface area contributed by atoms with E-state index in [0.29, 0.717) is 22.8 Å². The minimum atomic E-state index is -0.337. The second kappa shape index (κ2) is 9.65. The summed E-state index contributed by atoms with van der Waals surface area (Å²) < 4.78 is 14.0. The molecule has 0 fully saturated rings. The second-order valence-electron chi connectivity index (χ2n) is 6.65. The lowest BCUT2D eigenvalue weighted by Gasteiger charge is -2.32. The summed E-state index contributed by atoms with van der Waals surface area (Å²) >= 11 is 12.1. The summed E-state index contributed by atoms with van der Waals surface area (Å²) in [5, 5.41) is 7.90. The molecule has 3 rings (SSSR count). The van der Waals surface area contributed by atoms with Crippen LogP contribution in [0.2, 0.25) is 0 Å². The minimum Gasteiger partial charge on any atom is -0.360 e. The van der Waals surface area contributed by atoms with Crippen LogP contribution in [-0.4, -0.2) is 24.5 Å². The number of thioether (sulfide) groups is 1. The quantitative estimate of drug-likeness (QED) is 0.232. The lowest BCUT2D eigenvalue weighted by atomic mass is 9.91. The fourth-order valence-corrected chi connectivity index (χ4v) is 4.82. The molecule has 0 saturated heterocycles. The van der Waals surface area contributed by atoms with Gasteiger partial charge in [-0.2, -0.15) is 0 Å². The van der Waals surface area contributed by atoms with Gasteiger partial charge in [0.1, 0.15) is 17.3 Å². The van der Waals surface area contributed by atoms with E-state index in [-0.39, 0.29) is 17.5 Å². The minimum absolute atomic E-state index is 0.0834. The molecule has 29 heavy (non-hydrogen) atoms. The Hall–Kier alpha value is -2.02. The Bertz CT molecular complexity index is 1010. The fourth-order valence-electron chi connectivity index (χ4n) is 3.31. The van der Waals surface area contributed by atoms with E-state index in [2.05, 4.69) is 12.6 Å². The number of nitrogens with one attached hydrogen (secondary N) is 1. The molecule has 1 aliphatic heterocycles. The van der Waals surface area contributed by atoms with E-state index in [1.165, 1.54) is 23.9 Å². The van der Waals surface area contributed by atoms with Crippen molar-refractivity contribution in [2.24, 2.45) is 0 Å². The average Bonchev–Trinajstić information content (AvgIpc) is 2.69. The van der Waals surface area contributed by atoms with Gasteiger partial charge in [-0.15, -0.1) is 12.6 Å². The van der Waals surface area contributed by atoms with Gasteiger partial charge < -0.3 is 9.69 Å². The van der Waals surface area contributed by atoms with E-state index in [9.17, 15) is 9.18 Å². The molecule has 1 heterocycles. The van der Waals surface area contributed by atoms with Gasteiger partial charge in [0.2, 0.25) is 0 Å². The third-order valence-corrected chi connectivity index (χ3v) is 6.63. The maximum Gasteiger partial charge on any atom is 0.139 e. The molecule has 2 aromatic carbocycles. The lowest BCUT2D eigenvalue weighted by Crippen LogP contribution is -2.31. The summed E-state index contributed by atoms with van der Waals surface area (Å²) in [4.78, 5) is 15.1. The van der Waals surface area contributed by atoms with Gasteiger partial charge in [-0.3, -0.25) is 5.41 Å². The van der Waals surface area contributed by atoms with Crippen LogP contribution < -0.4 is 4.90 Å². The summed E-state index contributed by atoms with van der Waals surface area (Å²) in [6.07, 6.45) is 1.27. The number of rotatable bonds is 7. The first-order valence-electron chi connectivity index (χ1n) is 8.97. The Morgan fingerprint density at radius 3 is 2.69 bits per heavy atom. The van der Waals surface area contributed by atoms with Crippen LogP contribution in [0.3, 0.4) is 0 Å². The smallest absolute Gasteiger partial charge is 0.139 e. The highest BCUT2D eigenvalue weighted by atomic mass is 35.5. The molecule has 150 valence electrons. The zero-order valence-electron chi connectivity index (χ0n) is 15.8. The standard InChI is InChI=1S/C22H20ClFN2OS2/c1-14-13-26(9-10-27)19-8-7-15(24)11-18(19)17(14)12-20(28)21(22(23)25)29-16-5-3-2-4-6-16/h2-8,10-11,25,28H,9,12-13H2,1H3/b21-20+,25-22?. The highest BCUT2D eigenvalue weighted by Gasteiger charge is 2.24. The van der Waals surface area contributed by atoms with Crippen molar-refractivity contribution in [3.63, 3.8) is 0 Å². The van der Waals surface area contributed by atoms with Gasteiger partial charge in [0, 0.05) is 34.0 Å². The number of halogens is 2. The van der Waals surface area contributed by atoms with Crippen molar-refractivity contribution in [2.45, 2.75) is 18.2 Å². The molecule has 0 atom stereocenters. The van der Waals surface area contributed by atoms with Gasteiger partial charge in [0.15, 0.2) is 0 Å². The molecule has 0 saturated carbocycles. The number of aldehydes is 1. The van der Waals surface area contributed by atoms with E-state index in [1.807, 2.05) is 42.2 Å². The summed E-state index contributed by atoms with van der Waals surface area (Å²) in [6.45, 7) is 2.79. The maximum atomic E-state index is 14.0. The molecule has 1 N–H and O–H groups in total. The van der Waals surface area contributed by atoms with Crippen molar-refractivity contribution in [3.05, 3.63) is 75.3 Å². The fraction of sp³-hybridized carbons (Fsp3) is 0.182. The summed E-state index contributed by atoms with van der Waals surface area (Å²) in [5.74, 6) is -0.337. The maximum absolute atomic E-state index is 14.0. The molecule has 7 heteroatoms. The number of fused-ring (bicyclic) bond motifs is 1. The van der Waals surface area contributed by atoms with E-state index >= 15 is 0 Å². The Labute approximate surface area is 184 Å². The van der Waals surface area contributed by atoms with Gasteiger partial charge in [-0.05, 0) is 48.4 Å². The molecule has 2 aromatic rings. The van der Waals surface area contributed by atoms with Crippen molar-refractivity contribution < 1.29 is 9.18 Å². The molecule has 0 aliphatic carbocycles. The number of benzene rings is 2. The van der Waals surface area contributed by atoms with Crippen LogP contribution in [0, 0.1) is 11.2 Å². The van der Waals surface area contributed by atoms with Crippen molar-refractivity contribution >= 4 is 58.7 Å². The third-order valence-electron chi connectivity index (χ3n) is 4.63. The van der Waals surface area contributed by atoms with E-state index in [4.69, 9.17) is 17.0 Å². The molecule has 0 aromatic heterocycles. The van der Waals surface area contributed by atoms with Gasteiger partial charge in [0.05, 0.1) is 11.4 Å². The lowest BCUT2D eigenvalue weighted by molar-refractivity contribution is -0.106. The molecule has 0 spiro atoms. The Balaban J connectivity index is 1.99. The Morgan fingerprint density at radius 1 is 1.31 bits per heavy atom. The highest BCUT2D eigenvalue weighted by Crippen LogP contribution is 2.41. The van der Waals surface area contributed by atoms with Crippen LogP contribution in [0.25, 0.3) is 5.57 Å². The summed E-state index contributed by atoms with van der Waals surface area (Å²) in [7, 11) is 0. The molecule has 0 unspecified atom stereocenters. The van der Waals surface area contributed by atoms with Crippen LogP contribution in [-0.2, 0) is 4.79 Å². The highest BCUT2D eigenvalue weighted by molar-refractivity contribution is 8.05. The summed E-state index contributed by atoms with van der Waals surface area (Å²) in [5.41, 5.74) is 3.53. The van der Waals surface area contributed by atoms with Gasteiger partial charge in [0.25, 0.3) is 0 Å². The summed E-state index contributed by atoms with van der Waals surface area (Å²) in [6, 6.07) is 14.2. The van der Waals surface area contributed by atoms with E-state index in [1.54, 1.807) is 6.07 Å². The van der Waals surface area contributed by atoms with Gasteiger partial charge in [-0.1, -0.05) is 41.6 Å². The predicted octanol–water partition coefficient (Wildman–Crippen LogP) is 6.16. The van der Waals surface area contributed by atoms with Crippen LogP contribution in [0.4, 0.5) is 10.1 Å². The number of hydrogen-bond donors (Lipinski definition) is 2. The number of nitrogens with zero attached hydrogens (tertiary/aromatic N) is 1. The number of hydrogen-bond acceptors (Lipinski definition) is 5. The first kappa shape index (κ1) is 21.7. The normalized spacial score (nSPS) is 14.4. The van der Waals surface area contributed by atoms with E-state index in [0.717, 1.165) is 33.6 Å². The zero-order chi connectivity index (χ0) is 21.0. The molecule has 0 bridgehead atoms. The first-order chi connectivity index (χ1) is 13.9. The van der Waals surface area contributed by atoms with E-state index < -0.39 is 0 Å². The van der Waals surface area contributed by atoms with Crippen molar-refractivity contribution in [1.29, 1.82) is 5.41 Å². The largest absolute Gasteiger partial charge is 0.360 e. The van der Waals surface area contributed by atoms with Gasteiger partial charge >= 0.3 is 0 Å². The van der Waals surface area contributed by atoms with Crippen molar-refractivity contribution in [1.82, 2.24) is 0 Å². The molecule has 3 nitrogen and oxygen atoms in total. The van der Waals surface area contributed by atoms with Gasteiger partial charge in [-0.25, -0.2) is 4.39 Å². The number of anilines is 1. The van der Waals surface area contributed by atoms with Crippen molar-refractivity contribution in [3.8, 4) is 0 Å².